The molecule has 1 amide bonds. The van der Waals surface area contributed by atoms with E-state index in [2.05, 4.69) is 9.80 Å². The number of aromatic nitrogens is 2. The number of fused-ring (bicyclic) bond motifs is 3. The zero-order valence-corrected chi connectivity index (χ0v) is 27.6. The lowest BCUT2D eigenvalue weighted by Crippen LogP contribution is -2.48. The molecule has 0 unspecified atom stereocenters. The van der Waals surface area contributed by atoms with E-state index in [4.69, 9.17) is 29.9 Å². The fraction of sp³-hybridized carbons (Fsp3) is 0.571. The third-order valence-corrected chi connectivity index (χ3v) is 10.5. The monoisotopic (exact) mass is 666 g/mol. The molecule has 2 aromatic carbocycles. The molecular weight excluding hydrogens is 622 g/mol. The van der Waals surface area contributed by atoms with Crippen LogP contribution in [-0.2, 0) is 28.9 Å². The van der Waals surface area contributed by atoms with Crippen LogP contribution in [0.25, 0.3) is 10.8 Å². The summed E-state index contributed by atoms with van der Waals surface area (Å²) in [6.45, 7) is 5.11. The number of hydrogen-bond acceptors (Lipinski definition) is 10. The van der Waals surface area contributed by atoms with Crippen molar-refractivity contribution in [1.29, 1.82) is 0 Å². The van der Waals surface area contributed by atoms with Crippen LogP contribution in [-0.4, -0.2) is 96.9 Å². The van der Waals surface area contributed by atoms with E-state index in [0.717, 1.165) is 47.1 Å². The predicted molar refractivity (Wildman–Crippen MR) is 177 cm³/mol. The van der Waals surface area contributed by atoms with Crippen molar-refractivity contribution in [2.45, 2.75) is 69.8 Å². The Morgan fingerprint density at radius 2 is 2.00 bits per heavy atom. The first-order valence-corrected chi connectivity index (χ1v) is 16.9. The molecule has 0 aliphatic carbocycles. The fourth-order valence-corrected chi connectivity index (χ4v) is 8.29. The number of carbonyl (C=O) groups excluding carboxylic acids is 1. The van der Waals surface area contributed by atoms with Crippen molar-refractivity contribution < 1.29 is 32.9 Å². The molecule has 48 heavy (non-hydrogen) atoms. The number of amides is 1. The van der Waals surface area contributed by atoms with Gasteiger partial charge in [-0.1, -0.05) is 13.0 Å². The molecule has 13 heteroatoms. The van der Waals surface area contributed by atoms with Gasteiger partial charge in [0.1, 0.15) is 30.2 Å². The molecule has 4 atom stereocenters. The second kappa shape index (κ2) is 13.2. The van der Waals surface area contributed by atoms with Gasteiger partial charge in [-0.15, -0.1) is 0 Å². The van der Waals surface area contributed by atoms with Crippen LogP contribution >= 0.6 is 0 Å². The fourth-order valence-electron chi connectivity index (χ4n) is 8.29. The number of nitrogens with two attached hydrogens (primary N) is 1. The maximum atomic E-state index is 15.2. The Balaban J connectivity index is 1.28. The summed E-state index contributed by atoms with van der Waals surface area (Å²) in [5.74, 6) is -0.0388. The highest BCUT2D eigenvalue weighted by atomic mass is 19.1. The van der Waals surface area contributed by atoms with E-state index in [9.17, 15) is 14.3 Å². The number of aryl methyl sites for hydroxylation is 1. The van der Waals surface area contributed by atoms with Crippen LogP contribution in [0.5, 0.6) is 11.8 Å². The van der Waals surface area contributed by atoms with Gasteiger partial charge >= 0.3 is 6.01 Å². The molecule has 3 fully saturated rings. The summed E-state index contributed by atoms with van der Waals surface area (Å²) < 4.78 is 47.1. The topological polar surface area (TPSA) is 127 Å². The average Bonchev–Trinajstić information content (AvgIpc) is 3.60. The minimum absolute atomic E-state index is 0.0724. The molecule has 3 saturated heterocycles. The number of alkyl halides is 1. The maximum Gasteiger partial charge on any atom is 0.318 e. The zero-order chi connectivity index (χ0) is 33.6. The Hall–Kier alpha value is -3.81. The molecule has 0 saturated carbocycles. The number of anilines is 2. The SMILES string of the molecule is CCc1c(F)ccc2cc(OCOC)cc(N3CCc4c(nc(OC[C@@]56CCCN5C[C@H](F)C6)nc4N4C[C@H](O)C[C@@H](C(N)=O)C4)C3)c12. The van der Waals surface area contributed by atoms with Gasteiger partial charge in [-0.05, 0) is 61.7 Å². The smallest absolute Gasteiger partial charge is 0.318 e. The minimum Gasteiger partial charge on any atom is -0.467 e. The largest absolute Gasteiger partial charge is 0.467 e. The van der Waals surface area contributed by atoms with E-state index in [1.807, 2.05) is 24.0 Å². The standard InChI is InChI=1S/C35H44F2N6O5/c1-3-26-28(37)6-5-21-12-25(48-20-46-2)13-30(31(21)26)41-10-7-27-29(18-41)39-34(47-19-35-8-4-9-43(35)16-23(36)14-35)40-33(27)42-15-22(32(38)45)11-24(44)17-42/h5-6,12-13,22-24,44H,3-4,7-11,14-20H2,1-2H3,(H2,38,45)/t22-,23-,24-,35+/m1/s1. The zero-order valence-electron chi connectivity index (χ0n) is 27.6. The first kappa shape index (κ1) is 32.7. The number of β-amino-alcohol motifs (C(OH)–C–C–N with tert-alkyl or cyclic N) is 1. The minimum atomic E-state index is -0.889. The van der Waals surface area contributed by atoms with Crippen LogP contribution < -0.4 is 25.0 Å². The number of benzene rings is 2. The van der Waals surface area contributed by atoms with E-state index in [0.29, 0.717) is 75.5 Å². The van der Waals surface area contributed by atoms with E-state index < -0.39 is 24.1 Å². The number of carbonyl (C=O) groups is 1. The lowest BCUT2D eigenvalue weighted by Gasteiger charge is -2.38. The highest BCUT2D eigenvalue weighted by Gasteiger charge is 2.49. The first-order valence-electron chi connectivity index (χ1n) is 16.9. The number of hydrogen-bond donors (Lipinski definition) is 2. The summed E-state index contributed by atoms with van der Waals surface area (Å²) >= 11 is 0. The number of methoxy groups -OCH3 is 1. The molecule has 0 bridgehead atoms. The van der Waals surface area contributed by atoms with Gasteiger partial charge in [0.15, 0.2) is 6.79 Å². The first-order chi connectivity index (χ1) is 23.2. The number of nitrogens with zero attached hydrogens (tertiary/aromatic N) is 5. The van der Waals surface area contributed by atoms with E-state index >= 15 is 4.39 Å². The van der Waals surface area contributed by atoms with Crippen LogP contribution in [0.4, 0.5) is 20.3 Å². The lowest BCUT2D eigenvalue weighted by molar-refractivity contribution is -0.123. The number of aliphatic hydroxyl groups excluding tert-OH is 1. The highest BCUT2D eigenvalue weighted by Crippen LogP contribution is 2.42. The van der Waals surface area contributed by atoms with Gasteiger partial charge in [0.05, 0.1) is 29.8 Å². The molecule has 3 N–H and O–H groups in total. The van der Waals surface area contributed by atoms with E-state index in [-0.39, 0.29) is 30.8 Å². The molecule has 7 rings (SSSR count). The Morgan fingerprint density at radius 1 is 1.15 bits per heavy atom. The number of aliphatic hydroxyl groups is 1. The van der Waals surface area contributed by atoms with Crippen LogP contribution in [0.15, 0.2) is 24.3 Å². The Bertz CT molecular complexity index is 1700. The van der Waals surface area contributed by atoms with Gasteiger partial charge in [0.25, 0.3) is 0 Å². The van der Waals surface area contributed by atoms with Gasteiger partial charge in [0, 0.05) is 62.4 Å². The van der Waals surface area contributed by atoms with Crippen LogP contribution in [0.2, 0.25) is 0 Å². The summed E-state index contributed by atoms with van der Waals surface area (Å²) in [4.78, 5) is 28.3. The summed E-state index contributed by atoms with van der Waals surface area (Å²) in [5, 5.41) is 12.4. The van der Waals surface area contributed by atoms with Gasteiger partial charge in [0.2, 0.25) is 5.91 Å². The average molecular weight is 667 g/mol. The van der Waals surface area contributed by atoms with Crippen LogP contribution in [0.1, 0.15) is 49.4 Å². The molecule has 1 aromatic heterocycles. The van der Waals surface area contributed by atoms with E-state index in [1.165, 1.54) is 6.07 Å². The van der Waals surface area contributed by atoms with Crippen molar-refractivity contribution in [2.24, 2.45) is 11.7 Å². The van der Waals surface area contributed by atoms with Crippen molar-refractivity contribution in [3.63, 3.8) is 0 Å². The Morgan fingerprint density at radius 3 is 2.79 bits per heavy atom. The van der Waals surface area contributed by atoms with Gasteiger partial charge in [-0.3, -0.25) is 9.69 Å². The number of ether oxygens (including phenoxy) is 3. The van der Waals surface area contributed by atoms with Crippen LogP contribution in [0.3, 0.4) is 0 Å². The molecule has 11 nitrogen and oxygen atoms in total. The molecule has 4 aliphatic rings. The van der Waals surface area contributed by atoms with Gasteiger partial charge < -0.3 is 34.9 Å². The van der Waals surface area contributed by atoms with Crippen molar-refractivity contribution in [3.05, 3.63) is 46.9 Å². The lowest BCUT2D eigenvalue weighted by atomic mass is 9.94. The summed E-state index contributed by atoms with van der Waals surface area (Å²) in [5.41, 5.74) is 8.40. The molecule has 4 aliphatic heterocycles. The third kappa shape index (κ3) is 6.12. The molecule has 0 radical (unpaired) electrons. The highest BCUT2D eigenvalue weighted by molar-refractivity contribution is 5.98. The Kier molecular flexibility index (Phi) is 9.03. The second-order valence-corrected chi connectivity index (χ2v) is 13.7. The number of primary amides is 1. The van der Waals surface area contributed by atoms with Crippen molar-refractivity contribution >= 4 is 28.2 Å². The van der Waals surface area contributed by atoms with Gasteiger partial charge in [-0.25, -0.2) is 8.78 Å². The van der Waals surface area contributed by atoms with Crippen molar-refractivity contribution in [1.82, 2.24) is 14.9 Å². The summed E-state index contributed by atoms with van der Waals surface area (Å²) in [6.07, 6.45) is 1.99. The second-order valence-electron chi connectivity index (χ2n) is 13.7. The maximum absolute atomic E-state index is 15.2. The normalized spacial score (nSPS) is 25.7. The Labute approximate surface area is 278 Å². The third-order valence-electron chi connectivity index (χ3n) is 10.5. The molecule has 3 aromatic rings. The van der Waals surface area contributed by atoms with Gasteiger partial charge in [-0.2, -0.15) is 9.97 Å². The molecular formula is C35H44F2N6O5. The predicted octanol–water partition coefficient (Wildman–Crippen LogP) is 3.50. The van der Waals surface area contributed by atoms with E-state index in [1.54, 1.807) is 13.2 Å². The van der Waals surface area contributed by atoms with Crippen molar-refractivity contribution in [2.75, 3.05) is 63.0 Å². The molecule has 0 spiro atoms. The summed E-state index contributed by atoms with van der Waals surface area (Å²) in [7, 11) is 1.56. The summed E-state index contributed by atoms with van der Waals surface area (Å²) in [6, 6.07) is 7.25. The number of piperidine rings is 1. The quantitative estimate of drug-likeness (QED) is 0.311. The number of rotatable bonds is 10. The van der Waals surface area contributed by atoms with Crippen molar-refractivity contribution in [3.8, 4) is 11.8 Å². The van der Waals surface area contributed by atoms with Crippen LogP contribution in [0, 0.1) is 11.7 Å². The molecule has 5 heterocycles. The number of halogens is 2. The molecule has 258 valence electrons.